The van der Waals surface area contributed by atoms with Crippen LogP contribution in [0.1, 0.15) is 16.0 Å². The molecular weight excluding hydrogens is 268 g/mol. The van der Waals surface area contributed by atoms with Crippen LogP contribution in [-0.2, 0) is 12.8 Å². The Labute approximate surface area is 121 Å². The molecule has 2 heterocycles. The quantitative estimate of drug-likeness (QED) is 0.775. The second kappa shape index (κ2) is 5.09. The normalized spacial score (nSPS) is 11.1. The highest BCUT2D eigenvalue weighted by atomic mass is 32.1. The van der Waals surface area contributed by atoms with E-state index in [1.54, 1.807) is 11.3 Å². The van der Waals surface area contributed by atoms with Gasteiger partial charge in [-0.3, -0.25) is 0 Å². The van der Waals surface area contributed by atoms with Crippen molar-refractivity contribution in [3.05, 3.63) is 46.3 Å². The third kappa shape index (κ3) is 2.32. The molecule has 4 N–H and O–H groups in total. The molecule has 0 aliphatic rings. The SMILES string of the molecule is Cc1c(CCc2ccccc2)sc2nc(N)nc(N)c12. The molecule has 0 spiro atoms. The number of anilines is 2. The summed E-state index contributed by atoms with van der Waals surface area (Å²) in [4.78, 5) is 10.5. The van der Waals surface area contributed by atoms with Crippen LogP contribution in [0.5, 0.6) is 0 Å². The maximum Gasteiger partial charge on any atom is 0.223 e. The first-order valence-corrected chi connectivity index (χ1v) is 7.31. The molecular formula is C15H16N4S. The maximum atomic E-state index is 5.95. The Kier molecular flexibility index (Phi) is 3.28. The standard InChI is InChI=1S/C15H16N4S/c1-9-11(8-7-10-5-3-2-4-6-10)20-14-12(9)13(16)18-15(17)19-14/h2-6H,7-8H2,1H3,(H4,16,17,18,19). The third-order valence-electron chi connectivity index (χ3n) is 3.42. The zero-order chi connectivity index (χ0) is 14.1. The molecule has 5 heteroatoms. The first-order chi connectivity index (χ1) is 9.65. The number of thiophene rings is 1. The van der Waals surface area contributed by atoms with Crippen LogP contribution in [0, 0.1) is 6.92 Å². The van der Waals surface area contributed by atoms with Gasteiger partial charge in [-0.2, -0.15) is 4.98 Å². The van der Waals surface area contributed by atoms with Gasteiger partial charge in [0.25, 0.3) is 0 Å². The molecule has 102 valence electrons. The summed E-state index contributed by atoms with van der Waals surface area (Å²) >= 11 is 1.66. The van der Waals surface area contributed by atoms with Gasteiger partial charge in [-0.15, -0.1) is 11.3 Å². The molecule has 4 nitrogen and oxygen atoms in total. The lowest BCUT2D eigenvalue weighted by atomic mass is 10.1. The Morgan fingerprint density at radius 2 is 1.80 bits per heavy atom. The molecule has 0 unspecified atom stereocenters. The van der Waals surface area contributed by atoms with E-state index < -0.39 is 0 Å². The molecule has 3 aromatic rings. The molecule has 20 heavy (non-hydrogen) atoms. The summed E-state index contributed by atoms with van der Waals surface area (Å²) in [5.74, 6) is 0.720. The average molecular weight is 284 g/mol. The van der Waals surface area contributed by atoms with Gasteiger partial charge in [0.05, 0.1) is 5.39 Å². The number of rotatable bonds is 3. The highest BCUT2D eigenvalue weighted by molar-refractivity contribution is 7.19. The minimum Gasteiger partial charge on any atom is -0.383 e. The van der Waals surface area contributed by atoms with Crippen molar-refractivity contribution in [1.82, 2.24) is 9.97 Å². The van der Waals surface area contributed by atoms with E-state index in [2.05, 4.69) is 41.2 Å². The highest BCUT2D eigenvalue weighted by Gasteiger charge is 2.13. The molecule has 0 saturated carbocycles. The Hall–Kier alpha value is -2.14. The van der Waals surface area contributed by atoms with Gasteiger partial charge in [-0.25, -0.2) is 4.98 Å². The first-order valence-electron chi connectivity index (χ1n) is 6.50. The zero-order valence-electron chi connectivity index (χ0n) is 11.3. The maximum absolute atomic E-state index is 5.95. The van der Waals surface area contributed by atoms with Gasteiger partial charge >= 0.3 is 0 Å². The van der Waals surface area contributed by atoms with E-state index in [4.69, 9.17) is 11.5 Å². The number of nitrogens with two attached hydrogens (primary N) is 2. The summed E-state index contributed by atoms with van der Waals surface area (Å²) < 4.78 is 0. The molecule has 3 rings (SSSR count). The summed E-state index contributed by atoms with van der Waals surface area (Å²) in [6, 6.07) is 10.5. The van der Waals surface area contributed by atoms with Gasteiger partial charge < -0.3 is 11.5 Å². The van der Waals surface area contributed by atoms with Crippen LogP contribution >= 0.6 is 11.3 Å². The van der Waals surface area contributed by atoms with Crippen LogP contribution in [0.4, 0.5) is 11.8 Å². The van der Waals surface area contributed by atoms with Crippen molar-refractivity contribution >= 4 is 33.3 Å². The van der Waals surface area contributed by atoms with Gasteiger partial charge in [0, 0.05) is 4.88 Å². The molecule has 0 aliphatic carbocycles. The molecule has 1 aromatic carbocycles. The number of nitrogen functional groups attached to an aromatic ring is 2. The smallest absolute Gasteiger partial charge is 0.223 e. The van der Waals surface area contributed by atoms with Gasteiger partial charge in [-0.05, 0) is 30.9 Å². The number of nitrogens with zero attached hydrogens (tertiary/aromatic N) is 2. The minimum absolute atomic E-state index is 0.242. The van der Waals surface area contributed by atoms with Gasteiger partial charge in [-0.1, -0.05) is 30.3 Å². The van der Waals surface area contributed by atoms with E-state index in [1.807, 2.05) is 6.07 Å². The van der Waals surface area contributed by atoms with Crippen molar-refractivity contribution in [2.24, 2.45) is 0 Å². The van der Waals surface area contributed by atoms with Crippen LogP contribution in [0.2, 0.25) is 0 Å². The molecule has 0 atom stereocenters. The third-order valence-corrected chi connectivity index (χ3v) is 4.66. The lowest BCUT2D eigenvalue weighted by Crippen LogP contribution is -1.99. The second-order valence-corrected chi connectivity index (χ2v) is 5.87. The van der Waals surface area contributed by atoms with Crippen LogP contribution in [-0.4, -0.2) is 9.97 Å². The van der Waals surface area contributed by atoms with Crippen LogP contribution in [0.3, 0.4) is 0 Å². The molecule has 0 aliphatic heterocycles. The number of hydrogen-bond donors (Lipinski definition) is 2. The lowest BCUT2D eigenvalue weighted by molar-refractivity contribution is 0.974. The number of hydrogen-bond acceptors (Lipinski definition) is 5. The molecule has 0 saturated heterocycles. The Morgan fingerprint density at radius 3 is 2.55 bits per heavy atom. The molecule has 2 aromatic heterocycles. The Bertz CT molecular complexity index is 749. The summed E-state index contributed by atoms with van der Waals surface area (Å²) in [5.41, 5.74) is 14.1. The van der Waals surface area contributed by atoms with Gasteiger partial charge in [0.2, 0.25) is 5.95 Å². The van der Waals surface area contributed by atoms with Crippen LogP contribution in [0.15, 0.2) is 30.3 Å². The Balaban J connectivity index is 1.93. The van der Waals surface area contributed by atoms with Crippen LogP contribution < -0.4 is 11.5 Å². The van der Waals surface area contributed by atoms with Crippen molar-refractivity contribution in [3.63, 3.8) is 0 Å². The summed E-state index contributed by atoms with van der Waals surface area (Å²) in [5, 5.41) is 0.951. The van der Waals surface area contributed by atoms with E-state index >= 15 is 0 Å². The summed E-state index contributed by atoms with van der Waals surface area (Å²) in [6.07, 6.45) is 1.99. The van der Waals surface area contributed by atoms with Crippen molar-refractivity contribution in [3.8, 4) is 0 Å². The van der Waals surface area contributed by atoms with E-state index in [0.717, 1.165) is 23.1 Å². The van der Waals surface area contributed by atoms with Crippen LogP contribution in [0.25, 0.3) is 10.2 Å². The number of aromatic nitrogens is 2. The van der Waals surface area contributed by atoms with Crippen molar-refractivity contribution in [2.75, 3.05) is 11.5 Å². The highest BCUT2D eigenvalue weighted by Crippen LogP contribution is 2.33. The summed E-state index contributed by atoms with van der Waals surface area (Å²) in [7, 11) is 0. The fourth-order valence-electron chi connectivity index (χ4n) is 2.37. The fourth-order valence-corrected chi connectivity index (χ4v) is 3.57. The molecule has 0 amide bonds. The number of benzene rings is 1. The number of fused-ring (bicyclic) bond motifs is 1. The second-order valence-electron chi connectivity index (χ2n) is 4.78. The van der Waals surface area contributed by atoms with E-state index in [0.29, 0.717) is 5.82 Å². The lowest BCUT2D eigenvalue weighted by Gasteiger charge is -2.01. The number of aryl methyl sites for hydroxylation is 3. The van der Waals surface area contributed by atoms with E-state index in [1.165, 1.54) is 16.0 Å². The largest absolute Gasteiger partial charge is 0.383 e. The average Bonchev–Trinajstić information content (AvgIpc) is 2.74. The van der Waals surface area contributed by atoms with Crippen molar-refractivity contribution < 1.29 is 0 Å². The van der Waals surface area contributed by atoms with E-state index in [-0.39, 0.29) is 5.95 Å². The predicted octanol–water partition coefficient (Wildman–Crippen LogP) is 2.95. The van der Waals surface area contributed by atoms with Crippen molar-refractivity contribution in [1.29, 1.82) is 0 Å². The minimum atomic E-state index is 0.242. The fraction of sp³-hybridized carbons (Fsp3) is 0.200. The monoisotopic (exact) mass is 284 g/mol. The molecule has 0 fully saturated rings. The molecule has 0 radical (unpaired) electrons. The topological polar surface area (TPSA) is 77.8 Å². The van der Waals surface area contributed by atoms with Gasteiger partial charge in [0.15, 0.2) is 0 Å². The molecule has 0 bridgehead atoms. The van der Waals surface area contributed by atoms with Crippen molar-refractivity contribution in [2.45, 2.75) is 19.8 Å². The Morgan fingerprint density at radius 1 is 1.05 bits per heavy atom. The first kappa shape index (κ1) is 12.9. The van der Waals surface area contributed by atoms with E-state index in [9.17, 15) is 0 Å². The zero-order valence-corrected chi connectivity index (χ0v) is 12.1. The summed E-state index contributed by atoms with van der Waals surface area (Å²) in [6.45, 7) is 2.08. The predicted molar refractivity (Wildman–Crippen MR) is 84.8 cm³/mol. The van der Waals surface area contributed by atoms with Gasteiger partial charge in [0.1, 0.15) is 10.6 Å².